The molecule has 0 atom stereocenters. The van der Waals surface area contributed by atoms with Crippen LogP contribution in [0, 0.1) is 0 Å². The van der Waals surface area contributed by atoms with Gasteiger partial charge in [-0.3, -0.25) is 4.57 Å². The van der Waals surface area contributed by atoms with Crippen LogP contribution in [-0.2, 0) is 6.42 Å². The van der Waals surface area contributed by atoms with Crippen molar-refractivity contribution in [2.24, 2.45) is 10.7 Å². The minimum atomic E-state index is 0.541. The number of nitrogens with zero attached hydrogens (tertiary/aromatic N) is 2. The SMILES string of the molecule is C=C(N)Sc1ccccc1/N=C(\Cc1ccc2c3c(cccc13)-c1ccccc1-2)n1c2ccccc2c2cc3ccccc3cc21. The summed E-state index contributed by atoms with van der Waals surface area (Å²) in [4.78, 5) is 6.48. The number of para-hydroxylation sites is 2. The zero-order valence-corrected chi connectivity index (χ0v) is 25.9. The van der Waals surface area contributed by atoms with Crippen molar-refractivity contribution in [2.75, 3.05) is 0 Å². The summed E-state index contributed by atoms with van der Waals surface area (Å²) in [5.41, 5.74) is 15.7. The summed E-state index contributed by atoms with van der Waals surface area (Å²) < 4.78 is 2.37. The molecule has 0 fully saturated rings. The Hall–Kier alpha value is -5.58. The minimum Gasteiger partial charge on any atom is -0.394 e. The number of aromatic nitrogens is 1. The third-order valence-electron chi connectivity index (χ3n) is 9.14. The van der Waals surface area contributed by atoms with E-state index in [2.05, 4.69) is 139 Å². The van der Waals surface area contributed by atoms with Gasteiger partial charge in [-0.05, 0) is 79.7 Å². The molecule has 0 aliphatic heterocycles. The third-order valence-corrected chi connectivity index (χ3v) is 9.97. The van der Waals surface area contributed by atoms with Crippen molar-refractivity contribution < 1.29 is 0 Å². The molecule has 218 valence electrons. The number of aliphatic imine (C=N–C) groups is 1. The van der Waals surface area contributed by atoms with Crippen molar-refractivity contribution in [1.82, 2.24) is 4.57 Å². The minimum absolute atomic E-state index is 0.541. The Balaban J connectivity index is 1.32. The van der Waals surface area contributed by atoms with Crippen molar-refractivity contribution in [1.29, 1.82) is 0 Å². The third kappa shape index (κ3) is 4.18. The van der Waals surface area contributed by atoms with E-state index in [0.29, 0.717) is 11.4 Å². The molecule has 0 saturated heterocycles. The van der Waals surface area contributed by atoms with E-state index >= 15 is 0 Å². The van der Waals surface area contributed by atoms with Crippen molar-refractivity contribution in [3.63, 3.8) is 0 Å². The second kappa shape index (κ2) is 10.5. The molecule has 9 rings (SSSR count). The molecule has 1 aliphatic rings. The number of hydrogen-bond donors (Lipinski definition) is 1. The maximum absolute atomic E-state index is 6.09. The largest absolute Gasteiger partial charge is 0.394 e. The first-order valence-corrected chi connectivity index (χ1v) is 16.3. The second-order valence-electron chi connectivity index (χ2n) is 11.9. The first-order valence-electron chi connectivity index (χ1n) is 15.5. The fourth-order valence-electron chi connectivity index (χ4n) is 7.21. The molecule has 0 amide bonds. The Bertz CT molecular complexity index is 2540. The molecule has 0 unspecified atom stereocenters. The molecule has 7 aromatic carbocycles. The van der Waals surface area contributed by atoms with Crippen molar-refractivity contribution >= 4 is 66.6 Å². The van der Waals surface area contributed by atoms with Crippen molar-refractivity contribution in [3.8, 4) is 22.3 Å². The summed E-state index contributed by atoms with van der Waals surface area (Å²) in [6, 6.07) is 50.1. The fraction of sp³-hybridized carbons (Fsp3) is 0.0238. The van der Waals surface area contributed by atoms with Gasteiger partial charge in [0.25, 0.3) is 0 Å². The highest BCUT2D eigenvalue weighted by molar-refractivity contribution is 8.03. The van der Waals surface area contributed by atoms with E-state index in [0.717, 1.165) is 27.5 Å². The standard InChI is InChI=1S/C42H29N3S/c1-26(43)46-40-20-9-7-18-37(40)44-41(25-29-21-22-35-32-14-5-4-13-31(32)34-17-10-16-30(29)42(34)35)45-38-19-8-6-15-33(38)36-23-27-11-2-3-12-28(27)24-39(36)45/h2-24H,1,25,43H2/b44-41+. The zero-order chi connectivity index (χ0) is 30.8. The van der Waals surface area contributed by atoms with E-state index < -0.39 is 0 Å². The van der Waals surface area contributed by atoms with Crippen LogP contribution in [0.1, 0.15) is 5.56 Å². The number of hydrogen-bond acceptors (Lipinski definition) is 3. The maximum atomic E-state index is 6.09. The highest BCUT2D eigenvalue weighted by Gasteiger charge is 2.23. The fourth-order valence-corrected chi connectivity index (χ4v) is 7.86. The molecule has 1 heterocycles. The first kappa shape index (κ1) is 26.8. The Morgan fingerprint density at radius 2 is 1.26 bits per heavy atom. The lowest BCUT2D eigenvalue weighted by atomic mass is 9.96. The predicted octanol–water partition coefficient (Wildman–Crippen LogP) is 11.1. The molecule has 0 radical (unpaired) electrons. The lowest BCUT2D eigenvalue weighted by molar-refractivity contribution is 1.16. The predicted molar refractivity (Wildman–Crippen MR) is 197 cm³/mol. The number of nitrogens with two attached hydrogens (primary N) is 1. The van der Waals surface area contributed by atoms with E-state index in [1.54, 1.807) is 0 Å². The van der Waals surface area contributed by atoms with Gasteiger partial charge in [0.2, 0.25) is 0 Å². The summed E-state index contributed by atoms with van der Waals surface area (Å²) >= 11 is 1.45. The molecule has 0 bridgehead atoms. The van der Waals surface area contributed by atoms with Crippen LogP contribution in [-0.4, -0.2) is 10.4 Å². The average Bonchev–Trinajstić information content (AvgIpc) is 3.58. The lowest BCUT2D eigenvalue weighted by Crippen LogP contribution is -2.15. The van der Waals surface area contributed by atoms with Crippen LogP contribution in [0.3, 0.4) is 0 Å². The Morgan fingerprint density at radius 1 is 0.609 bits per heavy atom. The van der Waals surface area contributed by atoms with Crippen molar-refractivity contribution in [2.45, 2.75) is 11.3 Å². The lowest BCUT2D eigenvalue weighted by Gasteiger charge is -2.16. The van der Waals surface area contributed by atoms with Gasteiger partial charge in [0.05, 0.1) is 21.7 Å². The van der Waals surface area contributed by atoms with Crippen LogP contribution < -0.4 is 5.73 Å². The average molecular weight is 608 g/mol. The van der Waals surface area contributed by atoms with Gasteiger partial charge in [0, 0.05) is 22.1 Å². The van der Waals surface area contributed by atoms with Crippen LogP contribution in [0.2, 0.25) is 0 Å². The van der Waals surface area contributed by atoms with Crippen molar-refractivity contribution in [3.05, 3.63) is 157 Å². The normalized spacial score (nSPS) is 12.4. The van der Waals surface area contributed by atoms with Gasteiger partial charge in [0.1, 0.15) is 5.84 Å². The molecule has 3 nitrogen and oxygen atoms in total. The molecule has 0 spiro atoms. The van der Waals surface area contributed by atoms with Gasteiger partial charge in [-0.15, -0.1) is 0 Å². The Labute approximate surface area is 271 Å². The second-order valence-corrected chi connectivity index (χ2v) is 13.0. The van der Waals surface area contributed by atoms with Gasteiger partial charge >= 0.3 is 0 Å². The zero-order valence-electron chi connectivity index (χ0n) is 25.1. The van der Waals surface area contributed by atoms with Gasteiger partial charge in [-0.2, -0.15) is 0 Å². The Morgan fingerprint density at radius 3 is 2.09 bits per heavy atom. The number of rotatable bonds is 5. The molecule has 0 saturated carbocycles. The van der Waals surface area contributed by atoms with Gasteiger partial charge in [0.15, 0.2) is 0 Å². The summed E-state index contributed by atoms with van der Waals surface area (Å²) in [7, 11) is 0. The topological polar surface area (TPSA) is 43.3 Å². The quantitative estimate of drug-likeness (QED) is 0.120. The van der Waals surface area contributed by atoms with Gasteiger partial charge < -0.3 is 5.73 Å². The number of thioether (sulfide) groups is 1. The van der Waals surface area contributed by atoms with E-state index in [1.165, 1.54) is 71.9 Å². The Kier molecular flexibility index (Phi) is 6.12. The highest BCUT2D eigenvalue weighted by Crippen LogP contribution is 2.48. The van der Waals surface area contributed by atoms with Crippen LogP contribution in [0.4, 0.5) is 5.69 Å². The molecule has 2 N–H and O–H groups in total. The van der Waals surface area contributed by atoms with Gasteiger partial charge in [-0.1, -0.05) is 128 Å². The summed E-state index contributed by atoms with van der Waals surface area (Å²) in [6.45, 7) is 3.96. The molecule has 1 aliphatic carbocycles. The van der Waals surface area contributed by atoms with Crippen LogP contribution >= 0.6 is 11.8 Å². The smallest absolute Gasteiger partial charge is 0.118 e. The monoisotopic (exact) mass is 607 g/mol. The van der Waals surface area contributed by atoms with E-state index in [-0.39, 0.29) is 0 Å². The van der Waals surface area contributed by atoms with E-state index in [1.807, 2.05) is 12.1 Å². The van der Waals surface area contributed by atoms with E-state index in [4.69, 9.17) is 10.7 Å². The molecule has 1 aromatic heterocycles. The molecule has 8 aromatic rings. The van der Waals surface area contributed by atoms with E-state index in [9.17, 15) is 0 Å². The summed E-state index contributed by atoms with van der Waals surface area (Å²) in [5.74, 6) is 0.952. The molecular weight excluding hydrogens is 579 g/mol. The maximum Gasteiger partial charge on any atom is 0.118 e. The first-order chi connectivity index (χ1) is 22.6. The number of fused-ring (bicyclic) bond motifs is 7. The molecule has 4 heteroatoms. The summed E-state index contributed by atoms with van der Waals surface area (Å²) in [5, 5.41) is 8.00. The van der Waals surface area contributed by atoms with Crippen LogP contribution in [0.25, 0.3) is 65.6 Å². The molecular formula is C42H29N3S. The summed E-state index contributed by atoms with van der Waals surface area (Å²) in [6.07, 6.45) is 0.639. The molecule has 46 heavy (non-hydrogen) atoms. The van der Waals surface area contributed by atoms with Gasteiger partial charge in [-0.25, -0.2) is 4.99 Å². The highest BCUT2D eigenvalue weighted by atomic mass is 32.2. The van der Waals surface area contributed by atoms with Crippen LogP contribution in [0.15, 0.2) is 161 Å². The number of benzene rings is 7. The van der Waals surface area contributed by atoms with Crippen LogP contribution in [0.5, 0.6) is 0 Å².